The first-order chi connectivity index (χ1) is 15.7. The van der Waals surface area contributed by atoms with Crippen molar-refractivity contribution >= 4 is 16.9 Å². The lowest BCUT2D eigenvalue weighted by atomic mass is 10.1. The zero-order chi connectivity index (χ0) is 22.1. The van der Waals surface area contributed by atoms with Crippen molar-refractivity contribution in [3.05, 3.63) is 54.4 Å². The standard InChI is InChI=1S/C24H22N6O2/c1-31-19-6-7-30(13-19)18-9-17(10-20(11-18)32-2)21-22-24(27-14-26-22)29-23(28-21)16-5-3-4-15(8-16)12-25/h3-5,8-11,14,19H,6-7,13H2,1-2H3,(H,26,27,28,29). The van der Waals surface area contributed by atoms with E-state index in [2.05, 4.69) is 32.0 Å². The molecule has 4 aromatic rings. The summed E-state index contributed by atoms with van der Waals surface area (Å²) >= 11 is 0. The lowest BCUT2D eigenvalue weighted by Crippen LogP contribution is -2.22. The number of hydrogen-bond donors (Lipinski definition) is 1. The second kappa shape index (κ2) is 8.29. The lowest BCUT2D eigenvalue weighted by Gasteiger charge is -2.20. The van der Waals surface area contributed by atoms with Crippen LogP contribution < -0.4 is 9.64 Å². The minimum atomic E-state index is 0.224. The summed E-state index contributed by atoms with van der Waals surface area (Å²) in [6.07, 6.45) is 2.83. The third kappa shape index (κ3) is 3.63. The van der Waals surface area contributed by atoms with Crippen molar-refractivity contribution in [1.29, 1.82) is 5.26 Å². The molecule has 1 aliphatic heterocycles. The fraction of sp³-hybridized carbons (Fsp3) is 0.250. The SMILES string of the molecule is COc1cc(-c2nc(-c3cccc(C#N)c3)nc3nc[nH]c23)cc(N2CCC(OC)C2)c1. The highest BCUT2D eigenvalue weighted by atomic mass is 16.5. The van der Waals surface area contributed by atoms with Gasteiger partial charge in [0.1, 0.15) is 17.0 Å². The molecule has 3 heterocycles. The predicted molar refractivity (Wildman–Crippen MR) is 121 cm³/mol. The molecule has 0 spiro atoms. The quantitative estimate of drug-likeness (QED) is 0.518. The number of fused-ring (bicyclic) bond motifs is 1. The van der Waals surface area contributed by atoms with E-state index >= 15 is 0 Å². The molecule has 1 N–H and O–H groups in total. The summed E-state index contributed by atoms with van der Waals surface area (Å²) in [5.41, 5.74) is 5.32. The third-order valence-electron chi connectivity index (χ3n) is 5.78. The van der Waals surface area contributed by atoms with E-state index in [9.17, 15) is 5.26 Å². The first-order valence-corrected chi connectivity index (χ1v) is 10.4. The molecule has 8 nitrogen and oxygen atoms in total. The first-order valence-electron chi connectivity index (χ1n) is 10.4. The Kier molecular flexibility index (Phi) is 5.17. The maximum Gasteiger partial charge on any atom is 0.181 e. The van der Waals surface area contributed by atoms with E-state index in [1.165, 1.54) is 0 Å². The second-order valence-corrected chi connectivity index (χ2v) is 7.70. The molecule has 1 fully saturated rings. The molecular weight excluding hydrogens is 404 g/mol. The van der Waals surface area contributed by atoms with Gasteiger partial charge in [0.2, 0.25) is 0 Å². The van der Waals surface area contributed by atoms with Gasteiger partial charge < -0.3 is 19.4 Å². The van der Waals surface area contributed by atoms with Crippen LogP contribution in [-0.4, -0.2) is 53.3 Å². The highest BCUT2D eigenvalue weighted by Crippen LogP contribution is 2.34. The van der Waals surface area contributed by atoms with Gasteiger partial charge in [0.05, 0.1) is 31.2 Å². The first kappa shape index (κ1) is 20.0. The number of nitrogens with one attached hydrogen (secondary N) is 1. The van der Waals surface area contributed by atoms with E-state index in [4.69, 9.17) is 14.5 Å². The van der Waals surface area contributed by atoms with Gasteiger partial charge in [0, 0.05) is 43.1 Å². The summed E-state index contributed by atoms with van der Waals surface area (Å²) in [6, 6.07) is 15.5. The minimum Gasteiger partial charge on any atom is -0.497 e. The zero-order valence-electron chi connectivity index (χ0n) is 17.9. The van der Waals surface area contributed by atoms with Gasteiger partial charge in [0.15, 0.2) is 11.5 Å². The van der Waals surface area contributed by atoms with E-state index in [0.29, 0.717) is 17.0 Å². The van der Waals surface area contributed by atoms with Crippen LogP contribution in [0.15, 0.2) is 48.8 Å². The summed E-state index contributed by atoms with van der Waals surface area (Å²) in [5.74, 6) is 1.26. The van der Waals surface area contributed by atoms with Crippen LogP contribution in [0.3, 0.4) is 0 Å². The highest BCUT2D eigenvalue weighted by molar-refractivity contribution is 5.90. The maximum absolute atomic E-state index is 9.27. The molecule has 8 heteroatoms. The molecule has 0 saturated carbocycles. The van der Waals surface area contributed by atoms with Gasteiger partial charge in [-0.3, -0.25) is 0 Å². The Morgan fingerprint density at radius 3 is 2.81 bits per heavy atom. The molecule has 0 radical (unpaired) electrons. The van der Waals surface area contributed by atoms with Crippen LogP contribution in [0.2, 0.25) is 0 Å². The van der Waals surface area contributed by atoms with Crippen molar-refractivity contribution in [3.8, 4) is 34.5 Å². The van der Waals surface area contributed by atoms with Crippen molar-refractivity contribution in [3.63, 3.8) is 0 Å². The zero-order valence-corrected chi connectivity index (χ0v) is 17.9. The van der Waals surface area contributed by atoms with Crippen molar-refractivity contribution < 1.29 is 9.47 Å². The monoisotopic (exact) mass is 426 g/mol. The van der Waals surface area contributed by atoms with Crippen LogP contribution in [0, 0.1) is 11.3 Å². The Morgan fingerprint density at radius 2 is 2.03 bits per heavy atom. The van der Waals surface area contributed by atoms with Gasteiger partial charge in [-0.25, -0.2) is 15.0 Å². The van der Waals surface area contributed by atoms with E-state index < -0.39 is 0 Å². The maximum atomic E-state index is 9.27. The van der Waals surface area contributed by atoms with Crippen LogP contribution in [0.4, 0.5) is 5.69 Å². The molecule has 1 aliphatic rings. The average molecular weight is 426 g/mol. The van der Waals surface area contributed by atoms with Gasteiger partial charge in [-0.15, -0.1) is 0 Å². The molecule has 0 aliphatic carbocycles. The molecule has 2 aromatic heterocycles. The largest absolute Gasteiger partial charge is 0.497 e. The molecule has 160 valence electrons. The van der Waals surface area contributed by atoms with Gasteiger partial charge >= 0.3 is 0 Å². The Morgan fingerprint density at radius 1 is 1.12 bits per heavy atom. The van der Waals surface area contributed by atoms with Crippen molar-refractivity contribution in [2.45, 2.75) is 12.5 Å². The lowest BCUT2D eigenvalue weighted by molar-refractivity contribution is 0.121. The Hall–Kier alpha value is -3.96. The van der Waals surface area contributed by atoms with E-state index in [1.54, 1.807) is 32.7 Å². The number of anilines is 1. The predicted octanol–water partition coefficient (Wildman–Crippen LogP) is 3.79. The molecule has 0 amide bonds. The number of nitrogens with zero attached hydrogens (tertiary/aromatic N) is 5. The topological polar surface area (TPSA) is 99.9 Å². The third-order valence-corrected chi connectivity index (χ3v) is 5.78. The number of ether oxygens (including phenoxy) is 2. The van der Waals surface area contributed by atoms with E-state index in [1.807, 2.05) is 24.3 Å². The highest BCUT2D eigenvalue weighted by Gasteiger charge is 2.24. The van der Waals surface area contributed by atoms with Crippen LogP contribution in [0.5, 0.6) is 5.75 Å². The minimum absolute atomic E-state index is 0.224. The molecule has 0 bridgehead atoms. The summed E-state index contributed by atoms with van der Waals surface area (Å²) in [4.78, 5) is 19.3. The second-order valence-electron chi connectivity index (χ2n) is 7.70. The average Bonchev–Trinajstić information content (AvgIpc) is 3.52. The molecule has 1 unspecified atom stereocenters. The molecule has 2 aromatic carbocycles. The number of H-pyrrole nitrogens is 1. The van der Waals surface area contributed by atoms with E-state index in [-0.39, 0.29) is 6.10 Å². The van der Waals surface area contributed by atoms with Gasteiger partial charge in [-0.2, -0.15) is 5.26 Å². The van der Waals surface area contributed by atoms with Crippen molar-refractivity contribution in [2.24, 2.45) is 0 Å². The Labute approximate surface area is 185 Å². The number of rotatable bonds is 5. The van der Waals surface area contributed by atoms with Gasteiger partial charge in [-0.1, -0.05) is 12.1 Å². The smallest absolute Gasteiger partial charge is 0.181 e. The number of benzene rings is 2. The van der Waals surface area contributed by atoms with Crippen LogP contribution in [-0.2, 0) is 4.74 Å². The van der Waals surface area contributed by atoms with Gasteiger partial charge in [-0.05, 0) is 30.7 Å². The molecule has 32 heavy (non-hydrogen) atoms. The number of aromatic amines is 1. The number of hydrogen-bond acceptors (Lipinski definition) is 7. The van der Waals surface area contributed by atoms with Crippen LogP contribution >= 0.6 is 0 Å². The van der Waals surface area contributed by atoms with Crippen molar-refractivity contribution in [2.75, 3.05) is 32.2 Å². The molecule has 1 saturated heterocycles. The Balaban J connectivity index is 1.65. The summed E-state index contributed by atoms with van der Waals surface area (Å²) in [7, 11) is 3.42. The molecular formula is C24H22N6O2. The number of imidazole rings is 1. The summed E-state index contributed by atoms with van der Waals surface area (Å²) in [5, 5.41) is 9.27. The Bertz CT molecular complexity index is 1330. The molecule has 1 atom stereocenters. The molecule has 5 rings (SSSR count). The number of nitriles is 1. The van der Waals surface area contributed by atoms with E-state index in [0.717, 1.165) is 53.3 Å². The van der Waals surface area contributed by atoms with Gasteiger partial charge in [0.25, 0.3) is 0 Å². The number of aromatic nitrogens is 4. The normalized spacial score (nSPS) is 15.8. The number of methoxy groups -OCH3 is 2. The van der Waals surface area contributed by atoms with Crippen LogP contribution in [0.1, 0.15) is 12.0 Å². The summed E-state index contributed by atoms with van der Waals surface area (Å²) in [6.45, 7) is 1.75. The van der Waals surface area contributed by atoms with Crippen LogP contribution in [0.25, 0.3) is 33.8 Å². The van der Waals surface area contributed by atoms with Crippen molar-refractivity contribution in [1.82, 2.24) is 19.9 Å². The fourth-order valence-corrected chi connectivity index (χ4v) is 4.07. The summed E-state index contributed by atoms with van der Waals surface area (Å²) < 4.78 is 11.1. The fourth-order valence-electron chi connectivity index (χ4n) is 4.07.